The molecule has 90 valence electrons. The third-order valence-corrected chi connectivity index (χ3v) is 1.87. The zero-order valence-corrected chi connectivity index (χ0v) is 10.4. The molecule has 0 aliphatic carbocycles. The number of hydrogen-bond acceptors (Lipinski definition) is 3. The molecule has 0 spiro atoms. The number of unbranched alkanes of at least 4 members (excludes halogenated alkanes) is 1. The van der Waals surface area contributed by atoms with Gasteiger partial charge in [-0.05, 0) is 19.3 Å². The number of esters is 1. The van der Waals surface area contributed by atoms with Gasteiger partial charge in [0.1, 0.15) is 6.10 Å². The van der Waals surface area contributed by atoms with Crippen molar-refractivity contribution in [2.45, 2.75) is 53.1 Å². The second kappa shape index (κ2) is 8.72. The van der Waals surface area contributed by atoms with E-state index < -0.39 is 0 Å². The molecule has 0 aromatic carbocycles. The molecule has 0 heterocycles. The number of carbonyl (C=O) groups is 1. The van der Waals surface area contributed by atoms with E-state index in [0.717, 1.165) is 19.4 Å². The SMILES string of the molecule is CCCCC(=O)OC(C)COCC(C)C. The summed E-state index contributed by atoms with van der Waals surface area (Å²) in [4.78, 5) is 11.2. The van der Waals surface area contributed by atoms with E-state index in [-0.39, 0.29) is 12.1 Å². The second-order valence-electron chi connectivity index (χ2n) is 4.34. The van der Waals surface area contributed by atoms with Crippen molar-refractivity contribution in [2.75, 3.05) is 13.2 Å². The molecule has 3 nitrogen and oxygen atoms in total. The van der Waals surface area contributed by atoms with E-state index in [1.54, 1.807) is 0 Å². The summed E-state index contributed by atoms with van der Waals surface area (Å²) in [5.41, 5.74) is 0. The lowest BCUT2D eigenvalue weighted by atomic mass is 10.2. The largest absolute Gasteiger partial charge is 0.460 e. The quantitative estimate of drug-likeness (QED) is 0.585. The number of rotatable bonds is 8. The van der Waals surface area contributed by atoms with Gasteiger partial charge in [-0.25, -0.2) is 0 Å². The molecule has 0 fully saturated rings. The van der Waals surface area contributed by atoms with Crippen LogP contribution in [-0.4, -0.2) is 25.3 Å². The van der Waals surface area contributed by atoms with Crippen LogP contribution < -0.4 is 0 Å². The average Bonchev–Trinajstić information content (AvgIpc) is 2.14. The highest BCUT2D eigenvalue weighted by Crippen LogP contribution is 2.01. The summed E-state index contributed by atoms with van der Waals surface area (Å²) < 4.78 is 10.6. The van der Waals surface area contributed by atoms with E-state index in [2.05, 4.69) is 20.8 Å². The minimum absolute atomic E-state index is 0.113. The average molecular weight is 216 g/mol. The summed E-state index contributed by atoms with van der Waals surface area (Å²) in [5.74, 6) is 0.408. The van der Waals surface area contributed by atoms with Crippen molar-refractivity contribution < 1.29 is 14.3 Å². The van der Waals surface area contributed by atoms with Gasteiger partial charge >= 0.3 is 5.97 Å². The van der Waals surface area contributed by atoms with Crippen LogP contribution in [0.25, 0.3) is 0 Å². The van der Waals surface area contributed by atoms with Crippen molar-refractivity contribution in [1.29, 1.82) is 0 Å². The Labute approximate surface area is 93.1 Å². The van der Waals surface area contributed by atoms with Gasteiger partial charge in [0.2, 0.25) is 0 Å². The summed E-state index contributed by atoms with van der Waals surface area (Å²) in [6.45, 7) is 9.33. The van der Waals surface area contributed by atoms with Crippen molar-refractivity contribution in [2.24, 2.45) is 5.92 Å². The van der Waals surface area contributed by atoms with Gasteiger partial charge in [0.15, 0.2) is 0 Å². The molecule has 0 rings (SSSR count). The molecule has 1 atom stereocenters. The highest BCUT2D eigenvalue weighted by atomic mass is 16.6. The van der Waals surface area contributed by atoms with E-state index in [9.17, 15) is 4.79 Å². The van der Waals surface area contributed by atoms with Crippen molar-refractivity contribution in [3.63, 3.8) is 0 Å². The van der Waals surface area contributed by atoms with Gasteiger partial charge < -0.3 is 9.47 Å². The fourth-order valence-electron chi connectivity index (χ4n) is 1.11. The van der Waals surface area contributed by atoms with Gasteiger partial charge in [0, 0.05) is 13.0 Å². The summed E-state index contributed by atoms with van der Waals surface area (Å²) >= 11 is 0. The normalized spacial score (nSPS) is 12.9. The topological polar surface area (TPSA) is 35.5 Å². The van der Waals surface area contributed by atoms with Crippen LogP contribution in [0.2, 0.25) is 0 Å². The lowest BCUT2D eigenvalue weighted by Gasteiger charge is -2.14. The Morgan fingerprint density at radius 3 is 2.40 bits per heavy atom. The van der Waals surface area contributed by atoms with Crippen molar-refractivity contribution >= 4 is 5.97 Å². The van der Waals surface area contributed by atoms with E-state index in [1.165, 1.54) is 0 Å². The minimum atomic E-state index is -0.131. The van der Waals surface area contributed by atoms with Gasteiger partial charge in [-0.15, -0.1) is 0 Å². The van der Waals surface area contributed by atoms with Gasteiger partial charge in [-0.2, -0.15) is 0 Å². The molecule has 0 saturated heterocycles. The maximum absolute atomic E-state index is 11.2. The molecule has 0 N–H and O–H groups in total. The third kappa shape index (κ3) is 9.73. The minimum Gasteiger partial charge on any atom is -0.460 e. The molecule has 0 bridgehead atoms. The fraction of sp³-hybridized carbons (Fsp3) is 0.917. The monoisotopic (exact) mass is 216 g/mol. The Morgan fingerprint density at radius 1 is 1.20 bits per heavy atom. The summed E-state index contributed by atoms with van der Waals surface area (Å²) in [6, 6.07) is 0. The zero-order chi connectivity index (χ0) is 11.7. The Bertz CT molecular complexity index is 166. The smallest absolute Gasteiger partial charge is 0.306 e. The van der Waals surface area contributed by atoms with Crippen molar-refractivity contribution in [1.82, 2.24) is 0 Å². The second-order valence-corrected chi connectivity index (χ2v) is 4.34. The van der Waals surface area contributed by atoms with Crippen LogP contribution in [0.15, 0.2) is 0 Å². The molecule has 0 aliphatic heterocycles. The molecular weight excluding hydrogens is 192 g/mol. The zero-order valence-electron chi connectivity index (χ0n) is 10.4. The molecule has 0 aromatic rings. The number of hydrogen-bond donors (Lipinski definition) is 0. The van der Waals surface area contributed by atoms with E-state index in [0.29, 0.717) is 18.9 Å². The van der Waals surface area contributed by atoms with Crippen molar-refractivity contribution in [3.8, 4) is 0 Å². The highest BCUT2D eigenvalue weighted by Gasteiger charge is 2.09. The van der Waals surface area contributed by atoms with E-state index in [4.69, 9.17) is 9.47 Å². The first-order valence-electron chi connectivity index (χ1n) is 5.83. The Balaban J connectivity index is 3.46. The van der Waals surface area contributed by atoms with Crippen LogP contribution in [0, 0.1) is 5.92 Å². The van der Waals surface area contributed by atoms with E-state index in [1.807, 2.05) is 6.92 Å². The van der Waals surface area contributed by atoms with Crippen LogP contribution in [0.1, 0.15) is 47.0 Å². The molecule has 0 amide bonds. The van der Waals surface area contributed by atoms with E-state index >= 15 is 0 Å². The molecule has 3 heteroatoms. The first-order valence-corrected chi connectivity index (χ1v) is 5.83. The van der Waals surface area contributed by atoms with Gasteiger partial charge in [-0.1, -0.05) is 27.2 Å². The molecule has 1 unspecified atom stereocenters. The standard InChI is InChI=1S/C12H24O3/c1-5-6-7-12(13)15-11(4)9-14-8-10(2)3/h10-11H,5-9H2,1-4H3. The maximum atomic E-state index is 11.2. The van der Waals surface area contributed by atoms with Gasteiger partial charge in [-0.3, -0.25) is 4.79 Å². The molecular formula is C12H24O3. The van der Waals surface area contributed by atoms with Crippen LogP contribution in [0.5, 0.6) is 0 Å². The molecule has 0 radical (unpaired) electrons. The van der Waals surface area contributed by atoms with Crippen LogP contribution in [0.3, 0.4) is 0 Å². The lowest BCUT2D eigenvalue weighted by Crippen LogP contribution is -2.21. The first kappa shape index (κ1) is 14.4. The third-order valence-electron chi connectivity index (χ3n) is 1.87. The molecule has 0 saturated carbocycles. The Hall–Kier alpha value is -0.570. The van der Waals surface area contributed by atoms with Gasteiger partial charge in [0.25, 0.3) is 0 Å². The fourth-order valence-corrected chi connectivity index (χ4v) is 1.11. The number of ether oxygens (including phenoxy) is 2. The maximum Gasteiger partial charge on any atom is 0.306 e. The molecule has 15 heavy (non-hydrogen) atoms. The Kier molecular flexibility index (Phi) is 8.38. The molecule has 0 aromatic heterocycles. The predicted octanol–water partition coefficient (Wildman–Crippen LogP) is 2.78. The first-order chi connectivity index (χ1) is 7.06. The predicted molar refractivity (Wildman–Crippen MR) is 60.7 cm³/mol. The van der Waals surface area contributed by atoms with Crippen LogP contribution >= 0.6 is 0 Å². The van der Waals surface area contributed by atoms with Gasteiger partial charge in [0.05, 0.1) is 6.61 Å². The summed E-state index contributed by atoms with van der Waals surface area (Å²) in [5, 5.41) is 0. The highest BCUT2D eigenvalue weighted by molar-refractivity contribution is 5.69. The van der Waals surface area contributed by atoms with Crippen LogP contribution in [-0.2, 0) is 14.3 Å². The summed E-state index contributed by atoms with van der Waals surface area (Å²) in [7, 11) is 0. The lowest BCUT2D eigenvalue weighted by molar-refractivity contribution is -0.151. The van der Waals surface area contributed by atoms with Crippen LogP contribution in [0.4, 0.5) is 0 Å². The van der Waals surface area contributed by atoms with Crippen molar-refractivity contribution in [3.05, 3.63) is 0 Å². The summed E-state index contributed by atoms with van der Waals surface area (Å²) in [6.07, 6.45) is 2.31. The number of carbonyl (C=O) groups excluding carboxylic acids is 1. The molecule has 0 aliphatic rings. The Morgan fingerprint density at radius 2 is 1.87 bits per heavy atom.